The molecule has 2 rings (SSSR count). The molecular weight excluding hydrogens is 350 g/mol. The topological polar surface area (TPSA) is 70.7 Å². The molecule has 1 atom stereocenters. The number of carbonyl (C=O) groups is 2. The minimum Gasteiger partial charge on any atom is -0.371 e. The molecule has 1 aromatic rings. The number of rotatable bonds is 4. The number of carbonyl (C=O) groups excluding carboxylic acids is 2. The first-order valence-corrected chi connectivity index (χ1v) is 8.05. The number of ether oxygens (including phenoxy) is 1. The maximum Gasteiger partial charge on any atom is 0.321 e. The Morgan fingerprint density at radius 2 is 2.09 bits per heavy atom. The molecule has 1 saturated heterocycles. The first-order valence-electron chi connectivity index (χ1n) is 7.25. The summed E-state index contributed by atoms with van der Waals surface area (Å²) in [5.41, 5.74) is 1.08. The van der Waals surface area contributed by atoms with Crippen LogP contribution in [0.3, 0.4) is 0 Å². The van der Waals surface area contributed by atoms with Gasteiger partial charge in [-0.2, -0.15) is 0 Å². The van der Waals surface area contributed by atoms with Crippen LogP contribution in [0.15, 0.2) is 28.7 Å². The molecule has 0 unspecified atom stereocenters. The molecule has 0 radical (unpaired) electrons. The standard InChI is InChI=1S/C15H20BrN3O3/c1-2-17-15(21)18-14(20)10-19-7-8-22-13(9-19)11-3-5-12(16)6-4-11/h3-6,13H,2,7-10H2,1H3,(H2,17,18,20,21)/t13-/m1/s1. The number of imide groups is 1. The molecule has 120 valence electrons. The molecule has 0 bridgehead atoms. The summed E-state index contributed by atoms with van der Waals surface area (Å²) in [5, 5.41) is 4.85. The predicted octanol–water partition coefficient (Wildman–Crippen LogP) is 1.67. The highest BCUT2D eigenvalue weighted by Gasteiger charge is 2.23. The first-order chi connectivity index (χ1) is 10.6. The third kappa shape index (κ3) is 5.08. The molecule has 2 N–H and O–H groups in total. The third-order valence-corrected chi connectivity index (χ3v) is 3.88. The van der Waals surface area contributed by atoms with Crippen LogP contribution in [0.2, 0.25) is 0 Å². The Morgan fingerprint density at radius 1 is 1.36 bits per heavy atom. The van der Waals surface area contributed by atoms with Gasteiger partial charge in [0.2, 0.25) is 5.91 Å². The maximum atomic E-state index is 11.8. The molecule has 3 amide bonds. The van der Waals surface area contributed by atoms with E-state index < -0.39 is 6.03 Å². The minimum absolute atomic E-state index is 0.0564. The second-order valence-corrected chi connectivity index (χ2v) is 5.97. The van der Waals surface area contributed by atoms with Crippen molar-refractivity contribution in [1.82, 2.24) is 15.5 Å². The first kappa shape index (κ1) is 16.9. The van der Waals surface area contributed by atoms with Crippen LogP contribution >= 0.6 is 15.9 Å². The van der Waals surface area contributed by atoms with E-state index in [1.54, 1.807) is 6.92 Å². The summed E-state index contributed by atoms with van der Waals surface area (Å²) in [5.74, 6) is -0.303. The van der Waals surface area contributed by atoms with Crippen LogP contribution < -0.4 is 10.6 Å². The van der Waals surface area contributed by atoms with Crippen molar-refractivity contribution in [2.75, 3.05) is 32.8 Å². The SMILES string of the molecule is CCNC(=O)NC(=O)CN1CCO[C@@H](c2ccc(Br)cc2)C1. The molecule has 0 spiro atoms. The van der Waals surface area contributed by atoms with Crippen molar-refractivity contribution in [3.63, 3.8) is 0 Å². The van der Waals surface area contributed by atoms with Gasteiger partial charge in [-0.05, 0) is 24.6 Å². The Balaban J connectivity index is 1.86. The van der Waals surface area contributed by atoms with Crippen molar-refractivity contribution < 1.29 is 14.3 Å². The Morgan fingerprint density at radius 3 is 2.77 bits per heavy atom. The van der Waals surface area contributed by atoms with E-state index in [1.165, 1.54) is 0 Å². The van der Waals surface area contributed by atoms with Crippen LogP contribution in [-0.4, -0.2) is 49.6 Å². The fraction of sp³-hybridized carbons (Fsp3) is 0.467. The highest BCUT2D eigenvalue weighted by atomic mass is 79.9. The van der Waals surface area contributed by atoms with E-state index in [0.29, 0.717) is 26.2 Å². The van der Waals surface area contributed by atoms with Gasteiger partial charge in [0.05, 0.1) is 19.3 Å². The second kappa shape index (κ2) is 8.26. The predicted molar refractivity (Wildman–Crippen MR) is 86.5 cm³/mol. The van der Waals surface area contributed by atoms with Crippen LogP contribution in [0.5, 0.6) is 0 Å². The minimum atomic E-state index is -0.454. The number of amides is 3. The van der Waals surface area contributed by atoms with Crippen molar-refractivity contribution in [1.29, 1.82) is 0 Å². The lowest BCUT2D eigenvalue weighted by Gasteiger charge is -2.32. The molecular formula is C15H20BrN3O3. The molecule has 6 nitrogen and oxygen atoms in total. The molecule has 1 fully saturated rings. The Hall–Kier alpha value is -1.44. The fourth-order valence-electron chi connectivity index (χ4n) is 2.30. The van der Waals surface area contributed by atoms with Gasteiger partial charge in [0.1, 0.15) is 0 Å². The van der Waals surface area contributed by atoms with Crippen LogP contribution in [0, 0.1) is 0 Å². The number of hydrogen-bond donors (Lipinski definition) is 2. The molecule has 0 aromatic heterocycles. The lowest BCUT2D eigenvalue weighted by atomic mass is 10.1. The normalized spacial score (nSPS) is 18.7. The third-order valence-electron chi connectivity index (χ3n) is 3.35. The molecule has 0 saturated carbocycles. The summed E-state index contributed by atoms with van der Waals surface area (Å²) in [6.45, 7) is 4.35. The van der Waals surface area contributed by atoms with Crippen molar-refractivity contribution >= 4 is 27.9 Å². The van der Waals surface area contributed by atoms with E-state index in [9.17, 15) is 9.59 Å². The lowest BCUT2D eigenvalue weighted by Crippen LogP contribution is -2.47. The zero-order chi connectivity index (χ0) is 15.9. The molecule has 7 heteroatoms. The largest absolute Gasteiger partial charge is 0.371 e. The summed E-state index contributed by atoms with van der Waals surface area (Å²) < 4.78 is 6.79. The van der Waals surface area contributed by atoms with E-state index in [1.807, 2.05) is 29.2 Å². The van der Waals surface area contributed by atoms with Crippen LogP contribution in [0.1, 0.15) is 18.6 Å². The van der Waals surface area contributed by atoms with Gasteiger partial charge in [0.15, 0.2) is 0 Å². The number of halogens is 1. The van der Waals surface area contributed by atoms with Crippen molar-refractivity contribution in [2.24, 2.45) is 0 Å². The number of nitrogens with one attached hydrogen (secondary N) is 2. The van der Waals surface area contributed by atoms with Gasteiger partial charge in [0, 0.05) is 24.1 Å². The van der Waals surface area contributed by atoms with E-state index in [-0.39, 0.29) is 18.6 Å². The zero-order valence-electron chi connectivity index (χ0n) is 12.5. The van der Waals surface area contributed by atoms with Gasteiger partial charge in [-0.15, -0.1) is 0 Å². The van der Waals surface area contributed by atoms with Crippen LogP contribution in [-0.2, 0) is 9.53 Å². The molecule has 22 heavy (non-hydrogen) atoms. The average Bonchev–Trinajstić information content (AvgIpc) is 2.48. The number of urea groups is 1. The van der Waals surface area contributed by atoms with Gasteiger partial charge in [-0.1, -0.05) is 28.1 Å². The van der Waals surface area contributed by atoms with E-state index in [4.69, 9.17) is 4.74 Å². The van der Waals surface area contributed by atoms with E-state index in [0.717, 1.165) is 10.0 Å². The van der Waals surface area contributed by atoms with E-state index in [2.05, 4.69) is 26.6 Å². The summed E-state index contributed by atoms with van der Waals surface area (Å²) >= 11 is 3.41. The van der Waals surface area contributed by atoms with Crippen molar-refractivity contribution in [3.05, 3.63) is 34.3 Å². The fourth-order valence-corrected chi connectivity index (χ4v) is 2.56. The molecule has 1 aromatic carbocycles. The van der Waals surface area contributed by atoms with Gasteiger partial charge in [0.25, 0.3) is 0 Å². The highest BCUT2D eigenvalue weighted by molar-refractivity contribution is 9.10. The van der Waals surface area contributed by atoms with E-state index >= 15 is 0 Å². The lowest BCUT2D eigenvalue weighted by molar-refractivity contribution is -0.123. The summed E-state index contributed by atoms with van der Waals surface area (Å²) in [4.78, 5) is 25.1. The van der Waals surface area contributed by atoms with Crippen LogP contribution in [0.25, 0.3) is 0 Å². The van der Waals surface area contributed by atoms with Gasteiger partial charge >= 0.3 is 6.03 Å². The smallest absolute Gasteiger partial charge is 0.321 e. The highest BCUT2D eigenvalue weighted by Crippen LogP contribution is 2.23. The molecule has 1 aliphatic heterocycles. The van der Waals surface area contributed by atoms with Gasteiger partial charge in [-0.25, -0.2) is 4.79 Å². The second-order valence-electron chi connectivity index (χ2n) is 5.05. The Labute approximate surface area is 138 Å². The Kier molecular flexibility index (Phi) is 6.35. The molecule has 1 aliphatic rings. The van der Waals surface area contributed by atoms with Gasteiger partial charge in [-0.3, -0.25) is 15.0 Å². The zero-order valence-corrected chi connectivity index (χ0v) is 14.1. The average molecular weight is 370 g/mol. The maximum absolute atomic E-state index is 11.8. The number of hydrogen-bond acceptors (Lipinski definition) is 4. The van der Waals surface area contributed by atoms with Gasteiger partial charge < -0.3 is 10.1 Å². The summed E-state index contributed by atoms with van der Waals surface area (Å²) in [7, 11) is 0. The van der Waals surface area contributed by atoms with Crippen molar-refractivity contribution in [2.45, 2.75) is 13.0 Å². The molecule has 1 heterocycles. The van der Waals surface area contributed by atoms with Crippen LogP contribution in [0.4, 0.5) is 4.79 Å². The molecule has 0 aliphatic carbocycles. The number of benzene rings is 1. The van der Waals surface area contributed by atoms with Crippen molar-refractivity contribution in [3.8, 4) is 0 Å². The summed E-state index contributed by atoms with van der Waals surface area (Å²) in [6, 6.07) is 7.50. The quantitative estimate of drug-likeness (QED) is 0.846. The summed E-state index contributed by atoms with van der Waals surface area (Å²) in [6.07, 6.45) is -0.0564. The number of morpholine rings is 1. The monoisotopic (exact) mass is 369 g/mol. The Bertz CT molecular complexity index is 521. The number of nitrogens with zero attached hydrogens (tertiary/aromatic N) is 1.